The second kappa shape index (κ2) is 3.10. The fourth-order valence-electron chi connectivity index (χ4n) is 1.97. The Balaban J connectivity index is 2.47. The molecule has 66 valence electrons. The van der Waals surface area contributed by atoms with Crippen LogP contribution in [0.2, 0.25) is 0 Å². The van der Waals surface area contributed by atoms with Crippen LogP contribution in [0.4, 0.5) is 5.69 Å². The molecule has 1 aromatic rings. The van der Waals surface area contributed by atoms with Crippen molar-refractivity contribution in [2.75, 3.05) is 5.73 Å². The standard InChI is InChI=1S/C11H12N2/c12-7-9-3-1-2-8-6-10(13)4-5-11(8)9/h4-6,9H,1-3,13H2. The molecule has 0 radical (unpaired) electrons. The predicted octanol–water partition coefficient (Wildman–Crippen LogP) is 2.21. The van der Waals surface area contributed by atoms with E-state index in [1.165, 1.54) is 11.1 Å². The van der Waals surface area contributed by atoms with Gasteiger partial charge in [-0.3, -0.25) is 0 Å². The van der Waals surface area contributed by atoms with Crippen LogP contribution >= 0.6 is 0 Å². The summed E-state index contributed by atoms with van der Waals surface area (Å²) in [5, 5.41) is 8.93. The van der Waals surface area contributed by atoms with Gasteiger partial charge in [-0.05, 0) is 42.5 Å². The van der Waals surface area contributed by atoms with Gasteiger partial charge in [0.1, 0.15) is 0 Å². The third-order valence-corrected chi connectivity index (χ3v) is 2.64. The molecule has 1 aliphatic carbocycles. The highest BCUT2D eigenvalue weighted by Gasteiger charge is 2.19. The molecular weight excluding hydrogens is 160 g/mol. The fraction of sp³-hybridized carbons (Fsp3) is 0.364. The van der Waals surface area contributed by atoms with Gasteiger partial charge in [-0.2, -0.15) is 5.26 Å². The minimum atomic E-state index is 0.0874. The lowest BCUT2D eigenvalue weighted by Crippen LogP contribution is -2.08. The van der Waals surface area contributed by atoms with Gasteiger partial charge in [0, 0.05) is 5.69 Å². The van der Waals surface area contributed by atoms with E-state index in [4.69, 9.17) is 11.0 Å². The van der Waals surface area contributed by atoms with E-state index in [2.05, 4.69) is 6.07 Å². The number of nitrogens with two attached hydrogens (primary N) is 1. The van der Waals surface area contributed by atoms with Gasteiger partial charge in [0.2, 0.25) is 0 Å². The highest BCUT2D eigenvalue weighted by atomic mass is 14.5. The van der Waals surface area contributed by atoms with Crippen LogP contribution in [0, 0.1) is 11.3 Å². The first-order valence-electron chi connectivity index (χ1n) is 4.59. The Labute approximate surface area is 78.0 Å². The van der Waals surface area contributed by atoms with Crippen molar-refractivity contribution < 1.29 is 0 Å². The minimum absolute atomic E-state index is 0.0874. The van der Waals surface area contributed by atoms with Crippen LogP contribution in [-0.4, -0.2) is 0 Å². The molecule has 1 aromatic carbocycles. The molecule has 0 bridgehead atoms. The van der Waals surface area contributed by atoms with Crippen molar-refractivity contribution in [2.45, 2.75) is 25.2 Å². The average molecular weight is 172 g/mol. The van der Waals surface area contributed by atoms with Crippen molar-refractivity contribution in [3.63, 3.8) is 0 Å². The maximum absolute atomic E-state index is 8.93. The number of hydrogen-bond donors (Lipinski definition) is 1. The molecule has 13 heavy (non-hydrogen) atoms. The summed E-state index contributed by atoms with van der Waals surface area (Å²) in [6, 6.07) is 8.22. The lowest BCUT2D eigenvalue weighted by molar-refractivity contribution is 0.637. The number of nitrogen functional groups attached to an aromatic ring is 1. The van der Waals surface area contributed by atoms with Crippen LogP contribution < -0.4 is 5.73 Å². The van der Waals surface area contributed by atoms with Crippen molar-refractivity contribution in [3.8, 4) is 6.07 Å². The first kappa shape index (κ1) is 8.12. The number of nitrogens with zero attached hydrogens (tertiary/aromatic N) is 1. The quantitative estimate of drug-likeness (QED) is 0.610. The Morgan fingerprint density at radius 1 is 1.46 bits per heavy atom. The number of hydrogen-bond acceptors (Lipinski definition) is 2. The summed E-state index contributed by atoms with van der Waals surface area (Å²) < 4.78 is 0. The summed E-state index contributed by atoms with van der Waals surface area (Å²) in [5.74, 6) is 0.0874. The monoisotopic (exact) mass is 172 g/mol. The number of benzene rings is 1. The fourth-order valence-corrected chi connectivity index (χ4v) is 1.97. The summed E-state index contributed by atoms with van der Waals surface area (Å²) in [6.45, 7) is 0. The van der Waals surface area contributed by atoms with Gasteiger partial charge in [0.15, 0.2) is 0 Å². The SMILES string of the molecule is N#CC1CCCc2cc(N)ccc21. The van der Waals surface area contributed by atoms with Crippen LogP contribution in [-0.2, 0) is 6.42 Å². The van der Waals surface area contributed by atoms with Crippen molar-refractivity contribution in [1.29, 1.82) is 5.26 Å². The van der Waals surface area contributed by atoms with E-state index in [0.717, 1.165) is 24.9 Å². The van der Waals surface area contributed by atoms with Crippen LogP contribution in [0.3, 0.4) is 0 Å². The molecular formula is C11H12N2. The Bertz CT molecular complexity index is 363. The van der Waals surface area contributed by atoms with Gasteiger partial charge in [0.05, 0.1) is 12.0 Å². The molecule has 2 heteroatoms. The van der Waals surface area contributed by atoms with E-state index in [9.17, 15) is 0 Å². The Morgan fingerprint density at radius 3 is 3.08 bits per heavy atom. The third-order valence-electron chi connectivity index (χ3n) is 2.64. The van der Waals surface area contributed by atoms with Crippen molar-refractivity contribution >= 4 is 5.69 Å². The van der Waals surface area contributed by atoms with E-state index in [1.807, 2.05) is 18.2 Å². The van der Waals surface area contributed by atoms with Gasteiger partial charge in [-0.25, -0.2) is 0 Å². The molecule has 1 aliphatic rings. The van der Waals surface area contributed by atoms with E-state index in [0.29, 0.717) is 0 Å². The molecule has 2 nitrogen and oxygen atoms in total. The van der Waals surface area contributed by atoms with E-state index in [-0.39, 0.29) is 5.92 Å². The van der Waals surface area contributed by atoms with Gasteiger partial charge in [-0.1, -0.05) is 6.07 Å². The molecule has 0 heterocycles. The summed E-state index contributed by atoms with van der Waals surface area (Å²) in [4.78, 5) is 0. The number of aryl methyl sites for hydroxylation is 1. The smallest absolute Gasteiger partial charge is 0.0715 e. The Hall–Kier alpha value is -1.49. The topological polar surface area (TPSA) is 49.8 Å². The normalized spacial score (nSPS) is 20.4. The van der Waals surface area contributed by atoms with Crippen LogP contribution in [0.15, 0.2) is 18.2 Å². The maximum Gasteiger partial charge on any atom is 0.0715 e. The lowest BCUT2D eigenvalue weighted by atomic mass is 9.83. The van der Waals surface area contributed by atoms with Crippen molar-refractivity contribution in [2.24, 2.45) is 0 Å². The molecule has 0 saturated carbocycles. The molecule has 2 N–H and O–H groups in total. The number of fused-ring (bicyclic) bond motifs is 1. The third kappa shape index (κ3) is 1.38. The molecule has 0 spiro atoms. The Morgan fingerprint density at radius 2 is 2.31 bits per heavy atom. The Kier molecular flexibility index (Phi) is 1.94. The molecule has 0 amide bonds. The maximum atomic E-state index is 8.93. The van der Waals surface area contributed by atoms with Crippen molar-refractivity contribution in [1.82, 2.24) is 0 Å². The summed E-state index contributed by atoms with van der Waals surface area (Å²) in [5.41, 5.74) is 8.93. The number of rotatable bonds is 0. The van der Waals surface area contributed by atoms with E-state index in [1.54, 1.807) is 0 Å². The molecule has 0 aromatic heterocycles. The molecule has 0 aliphatic heterocycles. The largest absolute Gasteiger partial charge is 0.399 e. The summed E-state index contributed by atoms with van der Waals surface area (Å²) in [6.07, 6.45) is 3.17. The summed E-state index contributed by atoms with van der Waals surface area (Å²) in [7, 11) is 0. The minimum Gasteiger partial charge on any atom is -0.399 e. The molecule has 2 rings (SSSR count). The predicted molar refractivity (Wildman–Crippen MR) is 52.1 cm³/mol. The number of nitriles is 1. The first-order chi connectivity index (χ1) is 6.31. The van der Waals surface area contributed by atoms with Gasteiger partial charge >= 0.3 is 0 Å². The van der Waals surface area contributed by atoms with Gasteiger partial charge in [-0.15, -0.1) is 0 Å². The molecule has 1 unspecified atom stereocenters. The second-order valence-electron chi connectivity index (χ2n) is 3.53. The van der Waals surface area contributed by atoms with E-state index >= 15 is 0 Å². The highest BCUT2D eigenvalue weighted by molar-refractivity contribution is 5.48. The van der Waals surface area contributed by atoms with E-state index < -0.39 is 0 Å². The highest BCUT2D eigenvalue weighted by Crippen LogP contribution is 2.31. The van der Waals surface area contributed by atoms with Crippen LogP contribution in [0.1, 0.15) is 29.9 Å². The van der Waals surface area contributed by atoms with Crippen LogP contribution in [0.25, 0.3) is 0 Å². The van der Waals surface area contributed by atoms with Gasteiger partial charge < -0.3 is 5.73 Å². The lowest BCUT2D eigenvalue weighted by Gasteiger charge is -2.20. The molecule has 1 atom stereocenters. The number of anilines is 1. The zero-order valence-electron chi connectivity index (χ0n) is 7.46. The summed E-state index contributed by atoms with van der Waals surface area (Å²) >= 11 is 0. The van der Waals surface area contributed by atoms with Crippen LogP contribution in [0.5, 0.6) is 0 Å². The second-order valence-corrected chi connectivity index (χ2v) is 3.53. The average Bonchev–Trinajstić information content (AvgIpc) is 2.16. The zero-order valence-corrected chi connectivity index (χ0v) is 7.46. The molecule has 0 fully saturated rings. The first-order valence-corrected chi connectivity index (χ1v) is 4.59. The van der Waals surface area contributed by atoms with Crippen molar-refractivity contribution in [3.05, 3.63) is 29.3 Å². The van der Waals surface area contributed by atoms with Gasteiger partial charge in [0.25, 0.3) is 0 Å². The molecule has 0 saturated heterocycles. The zero-order chi connectivity index (χ0) is 9.26.